The number of rotatable bonds is 4. The third kappa shape index (κ3) is 3.47. The SMILES string of the molecule is CN(Cc1ccc(F)cc1F)c1cccc(C(N)=NO)c1. The predicted octanol–water partition coefficient (Wildman–Crippen LogP) is 2.70. The van der Waals surface area contributed by atoms with Crippen molar-refractivity contribution in [2.24, 2.45) is 10.9 Å². The molecule has 0 bridgehead atoms. The molecule has 0 amide bonds. The highest BCUT2D eigenvalue weighted by atomic mass is 19.1. The predicted molar refractivity (Wildman–Crippen MR) is 77.4 cm³/mol. The summed E-state index contributed by atoms with van der Waals surface area (Å²) in [5.74, 6) is -1.19. The minimum absolute atomic E-state index is 0.00165. The number of halogens is 2. The first-order chi connectivity index (χ1) is 10.0. The zero-order valence-corrected chi connectivity index (χ0v) is 11.4. The Bertz CT molecular complexity index is 674. The summed E-state index contributed by atoms with van der Waals surface area (Å²) < 4.78 is 26.5. The third-order valence-electron chi connectivity index (χ3n) is 3.11. The Morgan fingerprint density at radius 1 is 1.24 bits per heavy atom. The molecule has 0 saturated carbocycles. The van der Waals surface area contributed by atoms with Gasteiger partial charge in [0.2, 0.25) is 0 Å². The van der Waals surface area contributed by atoms with Crippen LogP contribution in [-0.2, 0) is 6.54 Å². The first kappa shape index (κ1) is 14.8. The van der Waals surface area contributed by atoms with Crippen molar-refractivity contribution in [2.45, 2.75) is 6.54 Å². The lowest BCUT2D eigenvalue weighted by Gasteiger charge is -2.20. The van der Waals surface area contributed by atoms with Gasteiger partial charge < -0.3 is 15.8 Å². The Morgan fingerprint density at radius 3 is 2.67 bits per heavy atom. The van der Waals surface area contributed by atoms with Crippen molar-refractivity contribution >= 4 is 11.5 Å². The van der Waals surface area contributed by atoms with E-state index in [2.05, 4.69) is 5.16 Å². The zero-order valence-electron chi connectivity index (χ0n) is 11.4. The molecule has 0 spiro atoms. The summed E-state index contributed by atoms with van der Waals surface area (Å²) >= 11 is 0. The summed E-state index contributed by atoms with van der Waals surface area (Å²) in [5, 5.41) is 11.6. The van der Waals surface area contributed by atoms with Gasteiger partial charge in [-0.25, -0.2) is 8.78 Å². The average Bonchev–Trinajstić information content (AvgIpc) is 2.49. The van der Waals surface area contributed by atoms with Crippen LogP contribution in [0.4, 0.5) is 14.5 Å². The van der Waals surface area contributed by atoms with E-state index in [1.54, 1.807) is 30.1 Å². The van der Waals surface area contributed by atoms with Crippen molar-refractivity contribution < 1.29 is 14.0 Å². The fourth-order valence-electron chi connectivity index (χ4n) is 1.96. The van der Waals surface area contributed by atoms with E-state index >= 15 is 0 Å². The van der Waals surface area contributed by atoms with Crippen LogP contribution in [-0.4, -0.2) is 18.1 Å². The number of amidine groups is 1. The van der Waals surface area contributed by atoms with Crippen LogP contribution in [0.5, 0.6) is 0 Å². The van der Waals surface area contributed by atoms with Crippen molar-refractivity contribution in [1.29, 1.82) is 0 Å². The van der Waals surface area contributed by atoms with Gasteiger partial charge in [0, 0.05) is 36.5 Å². The number of nitrogens with two attached hydrogens (primary N) is 1. The van der Waals surface area contributed by atoms with E-state index in [1.807, 2.05) is 6.07 Å². The van der Waals surface area contributed by atoms with E-state index in [9.17, 15) is 8.78 Å². The van der Waals surface area contributed by atoms with Crippen molar-refractivity contribution in [3.05, 3.63) is 65.2 Å². The van der Waals surface area contributed by atoms with E-state index < -0.39 is 11.6 Å². The maximum Gasteiger partial charge on any atom is 0.170 e. The van der Waals surface area contributed by atoms with Crippen LogP contribution in [0.15, 0.2) is 47.6 Å². The van der Waals surface area contributed by atoms with E-state index in [4.69, 9.17) is 10.9 Å². The van der Waals surface area contributed by atoms with Gasteiger partial charge in [-0.15, -0.1) is 0 Å². The van der Waals surface area contributed by atoms with E-state index in [-0.39, 0.29) is 12.4 Å². The largest absolute Gasteiger partial charge is 0.409 e. The molecule has 2 aromatic carbocycles. The number of nitrogens with zero attached hydrogens (tertiary/aromatic N) is 2. The quantitative estimate of drug-likeness (QED) is 0.394. The van der Waals surface area contributed by atoms with E-state index in [1.165, 1.54) is 12.1 Å². The molecule has 6 heteroatoms. The summed E-state index contributed by atoms with van der Waals surface area (Å²) in [6.07, 6.45) is 0. The van der Waals surface area contributed by atoms with Gasteiger partial charge in [-0.3, -0.25) is 0 Å². The standard InChI is InChI=1S/C15H15F2N3O/c1-20(9-11-5-6-12(16)8-14(11)17)13-4-2-3-10(7-13)15(18)19-21/h2-8,21H,9H2,1H3,(H2,18,19). The van der Waals surface area contributed by atoms with Crippen LogP contribution in [0.25, 0.3) is 0 Å². The van der Waals surface area contributed by atoms with Crippen LogP contribution in [0.2, 0.25) is 0 Å². The molecule has 0 atom stereocenters. The second-order valence-electron chi connectivity index (χ2n) is 4.63. The summed E-state index contributed by atoms with van der Waals surface area (Å²) in [7, 11) is 1.77. The highest BCUT2D eigenvalue weighted by molar-refractivity contribution is 5.97. The topological polar surface area (TPSA) is 61.8 Å². The Hall–Kier alpha value is -2.63. The van der Waals surface area contributed by atoms with E-state index in [0.717, 1.165) is 11.8 Å². The molecule has 21 heavy (non-hydrogen) atoms. The van der Waals surface area contributed by atoms with Crippen molar-refractivity contribution in [1.82, 2.24) is 0 Å². The first-order valence-electron chi connectivity index (χ1n) is 6.24. The molecule has 0 radical (unpaired) electrons. The van der Waals surface area contributed by atoms with Crippen LogP contribution in [0.1, 0.15) is 11.1 Å². The van der Waals surface area contributed by atoms with Crippen LogP contribution < -0.4 is 10.6 Å². The van der Waals surface area contributed by atoms with Gasteiger partial charge in [0.15, 0.2) is 5.84 Å². The molecule has 3 N–H and O–H groups in total. The second kappa shape index (κ2) is 6.21. The monoisotopic (exact) mass is 291 g/mol. The normalized spacial score (nSPS) is 11.5. The molecular weight excluding hydrogens is 276 g/mol. The van der Waals surface area contributed by atoms with Gasteiger partial charge in [0.1, 0.15) is 11.6 Å². The van der Waals surface area contributed by atoms with Crippen molar-refractivity contribution in [2.75, 3.05) is 11.9 Å². The molecule has 0 aliphatic carbocycles. The lowest BCUT2D eigenvalue weighted by Crippen LogP contribution is -2.19. The molecule has 0 aliphatic rings. The Morgan fingerprint density at radius 2 is 2.00 bits per heavy atom. The zero-order chi connectivity index (χ0) is 15.4. The van der Waals surface area contributed by atoms with Crippen LogP contribution in [0, 0.1) is 11.6 Å². The summed E-state index contributed by atoms with van der Waals surface area (Å²) in [6.45, 7) is 0.270. The lowest BCUT2D eigenvalue weighted by atomic mass is 10.1. The van der Waals surface area contributed by atoms with E-state index in [0.29, 0.717) is 11.1 Å². The molecule has 2 rings (SSSR count). The molecular formula is C15H15F2N3O. The Labute approximate surface area is 121 Å². The maximum atomic E-state index is 13.6. The number of anilines is 1. The van der Waals surface area contributed by atoms with Crippen LogP contribution in [0.3, 0.4) is 0 Å². The van der Waals surface area contributed by atoms with Gasteiger partial charge in [-0.2, -0.15) is 0 Å². The van der Waals surface area contributed by atoms with Crippen molar-refractivity contribution in [3.8, 4) is 0 Å². The van der Waals surface area contributed by atoms with Crippen LogP contribution >= 0.6 is 0 Å². The number of hydrogen-bond acceptors (Lipinski definition) is 3. The maximum absolute atomic E-state index is 13.6. The number of hydrogen-bond donors (Lipinski definition) is 2. The summed E-state index contributed by atoms with van der Waals surface area (Å²) in [4.78, 5) is 1.78. The highest BCUT2D eigenvalue weighted by Gasteiger charge is 2.09. The number of benzene rings is 2. The molecule has 0 heterocycles. The fourth-order valence-corrected chi connectivity index (χ4v) is 1.96. The van der Waals surface area contributed by atoms with Gasteiger partial charge in [0.25, 0.3) is 0 Å². The van der Waals surface area contributed by atoms with Gasteiger partial charge in [0.05, 0.1) is 0 Å². The summed E-state index contributed by atoms with van der Waals surface area (Å²) in [6, 6.07) is 10.5. The molecule has 2 aromatic rings. The minimum Gasteiger partial charge on any atom is -0.409 e. The molecule has 0 saturated heterocycles. The molecule has 110 valence electrons. The smallest absolute Gasteiger partial charge is 0.170 e. The first-order valence-corrected chi connectivity index (χ1v) is 6.24. The Kier molecular flexibility index (Phi) is 4.37. The van der Waals surface area contributed by atoms with Gasteiger partial charge in [-0.1, -0.05) is 23.4 Å². The highest BCUT2D eigenvalue weighted by Crippen LogP contribution is 2.19. The van der Waals surface area contributed by atoms with Crippen molar-refractivity contribution in [3.63, 3.8) is 0 Å². The lowest BCUT2D eigenvalue weighted by molar-refractivity contribution is 0.318. The Balaban J connectivity index is 2.22. The molecule has 0 aromatic heterocycles. The third-order valence-corrected chi connectivity index (χ3v) is 3.11. The second-order valence-corrected chi connectivity index (χ2v) is 4.63. The van der Waals surface area contributed by atoms with Gasteiger partial charge >= 0.3 is 0 Å². The number of oxime groups is 1. The summed E-state index contributed by atoms with van der Waals surface area (Å²) in [5.41, 5.74) is 7.24. The molecule has 0 aliphatic heterocycles. The molecule has 4 nitrogen and oxygen atoms in total. The molecule has 0 fully saturated rings. The average molecular weight is 291 g/mol. The van der Waals surface area contributed by atoms with Gasteiger partial charge in [-0.05, 0) is 18.2 Å². The minimum atomic E-state index is -0.604. The fraction of sp³-hybridized carbons (Fsp3) is 0.133. The molecule has 0 unspecified atom stereocenters.